The molecule has 0 unspecified atom stereocenters. The third-order valence-corrected chi connectivity index (χ3v) is 4.99. The standard InChI is InChI=1S/C23H24FN5O2/c24-18-6-9-20(10-7-18)31-21-11-8-19(16-26-21)28-23(30)27-15-17-5-4-12-25-22(17)29-13-2-1-3-14-29/h4-12,16H,1-3,13-15H2,(H2,27,28,30). The lowest BCUT2D eigenvalue weighted by Crippen LogP contribution is -2.33. The highest BCUT2D eigenvalue weighted by molar-refractivity contribution is 5.89. The minimum atomic E-state index is -0.333. The van der Waals surface area contributed by atoms with Gasteiger partial charge in [-0.25, -0.2) is 19.2 Å². The van der Waals surface area contributed by atoms with E-state index in [-0.39, 0.29) is 11.8 Å². The molecule has 4 rings (SSSR count). The number of urea groups is 1. The molecule has 160 valence electrons. The molecule has 1 aliphatic heterocycles. The lowest BCUT2D eigenvalue weighted by Gasteiger charge is -2.29. The lowest BCUT2D eigenvalue weighted by atomic mass is 10.1. The van der Waals surface area contributed by atoms with Gasteiger partial charge in [-0.3, -0.25) is 0 Å². The molecule has 8 heteroatoms. The summed E-state index contributed by atoms with van der Waals surface area (Å²) in [5.74, 6) is 1.43. The molecule has 0 atom stereocenters. The van der Waals surface area contributed by atoms with Gasteiger partial charge in [0.05, 0.1) is 11.9 Å². The largest absolute Gasteiger partial charge is 0.439 e. The van der Waals surface area contributed by atoms with Crippen LogP contribution in [0.15, 0.2) is 60.9 Å². The smallest absolute Gasteiger partial charge is 0.319 e. The van der Waals surface area contributed by atoms with Crippen molar-refractivity contribution < 1.29 is 13.9 Å². The van der Waals surface area contributed by atoms with Crippen LogP contribution in [0.25, 0.3) is 0 Å². The first kappa shape index (κ1) is 20.6. The van der Waals surface area contributed by atoms with Crippen LogP contribution >= 0.6 is 0 Å². The topological polar surface area (TPSA) is 79.4 Å². The molecule has 3 heterocycles. The van der Waals surface area contributed by atoms with Crippen LogP contribution in [0.1, 0.15) is 24.8 Å². The van der Waals surface area contributed by atoms with Crippen LogP contribution in [0, 0.1) is 5.82 Å². The quantitative estimate of drug-likeness (QED) is 0.602. The molecule has 1 fully saturated rings. The van der Waals surface area contributed by atoms with E-state index in [0.717, 1.165) is 37.3 Å². The molecule has 2 amide bonds. The molecule has 0 saturated carbocycles. The fraction of sp³-hybridized carbons (Fsp3) is 0.261. The molecule has 2 N–H and O–H groups in total. The number of carbonyl (C=O) groups excluding carboxylic acids is 1. The summed E-state index contributed by atoms with van der Waals surface area (Å²) >= 11 is 0. The number of ether oxygens (including phenoxy) is 1. The van der Waals surface area contributed by atoms with E-state index in [1.807, 2.05) is 12.1 Å². The Morgan fingerprint density at radius 2 is 1.84 bits per heavy atom. The van der Waals surface area contributed by atoms with E-state index < -0.39 is 0 Å². The first-order valence-electron chi connectivity index (χ1n) is 10.3. The monoisotopic (exact) mass is 421 g/mol. The van der Waals surface area contributed by atoms with Gasteiger partial charge in [0.2, 0.25) is 5.88 Å². The molecule has 7 nitrogen and oxygen atoms in total. The molecule has 31 heavy (non-hydrogen) atoms. The maximum absolute atomic E-state index is 13.0. The van der Waals surface area contributed by atoms with Crippen molar-refractivity contribution in [2.45, 2.75) is 25.8 Å². The molecule has 0 bridgehead atoms. The van der Waals surface area contributed by atoms with Crippen molar-refractivity contribution in [1.29, 1.82) is 0 Å². The average molecular weight is 421 g/mol. The predicted molar refractivity (Wildman–Crippen MR) is 117 cm³/mol. The van der Waals surface area contributed by atoms with Crippen molar-refractivity contribution in [3.63, 3.8) is 0 Å². The summed E-state index contributed by atoms with van der Waals surface area (Å²) in [7, 11) is 0. The number of benzene rings is 1. The van der Waals surface area contributed by atoms with E-state index >= 15 is 0 Å². The van der Waals surface area contributed by atoms with E-state index in [0.29, 0.717) is 23.9 Å². The minimum Gasteiger partial charge on any atom is -0.439 e. The molecule has 2 aromatic heterocycles. The van der Waals surface area contributed by atoms with Gasteiger partial charge in [-0.15, -0.1) is 0 Å². The number of anilines is 2. The number of halogens is 1. The first-order valence-corrected chi connectivity index (χ1v) is 10.3. The second-order valence-electron chi connectivity index (χ2n) is 7.28. The van der Waals surface area contributed by atoms with Crippen LogP contribution in [0.4, 0.5) is 20.7 Å². The van der Waals surface area contributed by atoms with Crippen molar-refractivity contribution in [3.05, 3.63) is 72.3 Å². The molecule has 1 saturated heterocycles. The molecule has 3 aromatic rings. The van der Waals surface area contributed by atoms with Crippen LogP contribution in [0.3, 0.4) is 0 Å². The van der Waals surface area contributed by atoms with Crippen molar-refractivity contribution >= 4 is 17.5 Å². The highest BCUT2D eigenvalue weighted by Crippen LogP contribution is 2.22. The van der Waals surface area contributed by atoms with Gasteiger partial charge in [0.15, 0.2) is 0 Å². The number of hydrogen-bond acceptors (Lipinski definition) is 5. The summed E-state index contributed by atoms with van der Waals surface area (Å²) < 4.78 is 18.5. The van der Waals surface area contributed by atoms with Gasteiger partial charge in [0.25, 0.3) is 0 Å². The van der Waals surface area contributed by atoms with Crippen molar-refractivity contribution in [1.82, 2.24) is 15.3 Å². The van der Waals surface area contributed by atoms with Gasteiger partial charge in [-0.1, -0.05) is 6.07 Å². The second-order valence-corrected chi connectivity index (χ2v) is 7.28. The number of piperidine rings is 1. The Bertz CT molecular complexity index is 1010. The zero-order valence-electron chi connectivity index (χ0n) is 17.1. The van der Waals surface area contributed by atoms with Crippen LogP contribution in [-0.2, 0) is 6.54 Å². The van der Waals surface area contributed by atoms with Crippen molar-refractivity contribution in [2.75, 3.05) is 23.3 Å². The Hall–Kier alpha value is -3.68. The van der Waals surface area contributed by atoms with Gasteiger partial charge < -0.3 is 20.3 Å². The van der Waals surface area contributed by atoms with E-state index in [1.165, 1.54) is 36.9 Å². The van der Waals surface area contributed by atoms with E-state index in [4.69, 9.17) is 4.74 Å². The zero-order chi connectivity index (χ0) is 21.5. The first-order chi connectivity index (χ1) is 15.2. The van der Waals surface area contributed by atoms with Gasteiger partial charge in [-0.2, -0.15) is 0 Å². The third-order valence-electron chi connectivity index (χ3n) is 4.99. The van der Waals surface area contributed by atoms with Gasteiger partial charge in [0.1, 0.15) is 17.4 Å². The number of amides is 2. The number of carbonyl (C=O) groups is 1. The van der Waals surface area contributed by atoms with Crippen LogP contribution < -0.4 is 20.3 Å². The lowest BCUT2D eigenvalue weighted by molar-refractivity contribution is 0.251. The van der Waals surface area contributed by atoms with E-state index in [9.17, 15) is 9.18 Å². The SMILES string of the molecule is O=C(NCc1cccnc1N1CCCCC1)Nc1ccc(Oc2ccc(F)cc2)nc1. The second kappa shape index (κ2) is 9.88. The molecule has 1 aromatic carbocycles. The minimum absolute atomic E-state index is 0.331. The summed E-state index contributed by atoms with van der Waals surface area (Å²) in [6, 6.07) is 12.5. The Labute approximate surface area is 180 Å². The van der Waals surface area contributed by atoms with Crippen molar-refractivity contribution in [3.8, 4) is 11.6 Å². The molecule has 1 aliphatic rings. The number of aromatic nitrogens is 2. The van der Waals surface area contributed by atoms with Crippen LogP contribution in [0.5, 0.6) is 11.6 Å². The van der Waals surface area contributed by atoms with Crippen LogP contribution in [-0.4, -0.2) is 29.1 Å². The Morgan fingerprint density at radius 1 is 1.03 bits per heavy atom. The number of rotatable bonds is 6. The maximum atomic E-state index is 13.0. The number of pyridine rings is 2. The van der Waals surface area contributed by atoms with Gasteiger partial charge in [0, 0.05) is 37.5 Å². The Kier molecular flexibility index (Phi) is 6.56. The zero-order valence-corrected chi connectivity index (χ0v) is 17.1. The van der Waals surface area contributed by atoms with Crippen molar-refractivity contribution in [2.24, 2.45) is 0 Å². The molecule has 0 aliphatic carbocycles. The highest BCUT2D eigenvalue weighted by Gasteiger charge is 2.16. The Balaban J connectivity index is 1.30. The van der Waals surface area contributed by atoms with E-state index in [1.54, 1.807) is 18.3 Å². The highest BCUT2D eigenvalue weighted by atomic mass is 19.1. The normalized spacial score (nSPS) is 13.5. The number of nitrogens with zero attached hydrogens (tertiary/aromatic N) is 3. The summed E-state index contributed by atoms with van der Waals surface area (Å²) in [5.41, 5.74) is 1.52. The fourth-order valence-corrected chi connectivity index (χ4v) is 3.45. The summed E-state index contributed by atoms with van der Waals surface area (Å²) in [5, 5.41) is 5.63. The van der Waals surface area contributed by atoms with Gasteiger partial charge in [-0.05, 0) is 55.7 Å². The maximum Gasteiger partial charge on any atom is 0.319 e. The average Bonchev–Trinajstić information content (AvgIpc) is 2.81. The Morgan fingerprint density at radius 3 is 2.58 bits per heavy atom. The van der Waals surface area contributed by atoms with E-state index in [2.05, 4.69) is 25.5 Å². The summed E-state index contributed by atoms with van der Waals surface area (Å²) in [4.78, 5) is 23.3. The molecule has 0 spiro atoms. The van der Waals surface area contributed by atoms with Crippen LogP contribution in [0.2, 0.25) is 0 Å². The molecule has 0 radical (unpaired) electrons. The summed E-state index contributed by atoms with van der Waals surface area (Å²) in [6.07, 6.45) is 6.87. The summed E-state index contributed by atoms with van der Waals surface area (Å²) in [6.45, 7) is 2.37. The van der Waals surface area contributed by atoms with Gasteiger partial charge >= 0.3 is 6.03 Å². The molecular weight excluding hydrogens is 397 g/mol. The fourth-order valence-electron chi connectivity index (χ4n) is 3.45. The number of nitrogens with one attached hydrogen (secondary N) is 2. The predicted octanol–water partition coefficient (Wildman–Crippen LogP) is 4.72. The third kappa shape index (κ3) is 5.69. The molecular formula is C23H24FN5O2. The number of hydrogen-bond donors (Lipinski definition) is 2.